The molecule has 2 N–H and O–H groups in total. The number of hydrogen-bond donors (Lipinski definition) is 2. The van der Waals surface area contributed by atoms with E-state index in [9.17, 15) is 23.1 Å². The van der Waals surface area contributed by atoms with Gasteiger partial charge in [0, 0.05) is 20.2 Å². The van der Waals surface area contributed by atoms with Gasteiger partial charge in [-0.05, 0) is 31.6 Å². The van der Waals surface area contributed by atoms with Crippen LogP contribution in [0.15, 0.2) is 0 Å². The molecular formula is C15H25F3N2O3. The van der Waals surface area contributed by atoms with Crippen molar-refractivity contribution in [2.45, 2.75) is 63.0 Å². The summed E-state index contributed by atoms with van der Waals surface area (Å²) in [5, 5.41) is 12.2. The lowest BCUT2D eigenvalue weighted by atomic mass is 9.90. The zero-order chi connectivity index (χ0) is 17.0. The van der Waals surface area contributed by atoms with E-state index in [1.807, 2.05) is 0 Å². The first-order valence-corrected chi connectivity index (χ1v) is 8.16. The second-order valence-corrected chi connectivity index (χ2v) is 6.43. The van der Waals surface area contributed by atoms with Crippen molar-refractivity contribution >= 4 is 6.03 Å². The van der Waals surface area contributed by atoms with Gasteiger partial charge in [0.15, 0.2) is 6.10 Å². The molecule has 1 saturated carbocycles. The number of carbonyl (C=O) groups excluding carboxylic acids is 1. The zero-order valence-corrected chi connectivity index (χ0v) is 13.3. The summed E-state index contributed by atoms with van der Waals surface area (Å²) in [4.78, 5) is 13.8. The van der Waals surface area contributed by atoms with Gasteiger partial charge < -0.3 is 20.1 Å². The molecule has 1 heterocycles. The van der Waals surface area contributed by atoms with E-state index in [4.69, 9.17) is 4.74 Å². The fraction of sp³-hybridized carbons (Fsp3) is 0.933. The second-order valence-electron chi connectivity index (χ2n) is 6.43. The molecule has 23 heavy (non-hydrogen) atoms. The lowest BCUT2D eigenvalue weighted by molar-refractivity contribution is -0.222. The molecule has 2 fully saturated rings. The first-order chi connectivity index (χ1) is 10.8. The van der Waals surface area contributed by atoms with Gasteiger partial charge in [0.2, 0.25) is 0 Å². The van der Waals surface area contributed by atoms with E-state index < -0.39 is 18.2 Å². The molecule has 0 radical (unpaired) electrons. The van der Waals surface area contributed by atoms with E-state index in [1.54, 1.807) is 7.11 Å². The van der Waals surface area contributed by atoms with Crippen molar-refractivity contribution in [2.24, 2.45) is 5.92 Å². The van der Waals surface area contributed by atoms with Gasteiger partial charge in [0.05, 0.1) is 12.1 Å². The highest BCUT2D eigenvalue weighted by molar-refractivity contribution is 5.74. The largest absolute Gasteiger partial charge is 0.414 e. The molecule has 0 aromatic rings. The van der Waals surface area contributed by atoms with Gasteiger partial charge in [0.25, 0.3) is 0 Å². The monoisotopic (exact) mass is 338 g/mol. The first-order valence-electron chi connectivity index (χ1n) is 8.16. The van der Waals surface area contributed by atoms with Crippen molar-refractivity contribution in [1.29, 1.82) is 0 Å². The Kier molecular flexibility index (Phi) is 6.13. The average Bonchev–Trinajstić information content (AvgIpc) is 2.54. The predicted octanol–water partition coefficient (Wildman–Crippen LogP) is 2.29. The Bertz CT molecular complexity index is 398. The van der Waals surface area contributed by atoms with Crippen LogP contribution >= 0.6 is 0 Å². The normalized spacial score (nSPS) is 28.5. The highest BCUT2D eigenvalue weighted by atomic mass is 19.4. The highest BCUT2D eigenvalue weighted by Crippen LogP contribution is 2.31. The Morgan fingerprint density at radius 3 is 2.39 bits per heavy atom. The van der Waals surface area contributed by atoms with Gasteiger partial charge in [0.1, 0.15) is 0 Å². The summed E-state index contributed by atoms with van der Waals surface area (Å²) in [6.45, 7) is 0.460. The number of hydrogen-bond acceptors (Lipinski definition) is 3. The maximum Gasteiger partial charge on any atom is 0.414 e. The number of amides is 2. The fourth-order valence-electron chi connectivity index (χ4n) is 3.48. The van der Waals surface area contributed by atoms with Crippen LogP contribution in [0.5, 0.6) is 0 Å². The summed E-state index contributed by atoms with van der Waals surface area (Å²) in [5.74, 6) is -0.833. The van der Waals surface area contributed by atoms with Crippen molar-refractivity contribution in [1.82, 2.24) is 10.2 Å². The molecule has 3 atom stereocenters. The Hall–Kier alpha value is -1.02. The number of nitrogens with zero attached hydrogens (tertiary/aromatic N) is 1. The Morgan fingerprint density at radius 2 is 1.83 bits per heavy atom. The van der Waals surface area contributed by atoms with Crippen LogP contribution in [0.3, 0.4) is 0 Å². The third-order valence-corrected chi connectivity index (χ3v) is 4.92. The molecule has 0 spiro atoms. The number of ether oxygens (including phenoxy) is 1. The van der Waals surface area contributed by atoms with Crippen LogP contribution in [-0.2, 0) is 4.74 Å². The summed E-state index contributed by atoms with van der Waals surface area (Å²) in [6.07, 6.45) is -2.71. The number of alkyl halides is 3. The van der Waals surface area contributed by atoms with Gasteiger partial charge >= 0.3 is 12.2 Å². The summed E-state index contributed by atoms with van der Waals surface area (Å²) in [6, 6.07) is -0.293. The number of likely N-dealkylation sites (tertiary alicyclic amines) is 1. The number of halogens is 3. The fourth-order valence-corrected chi connectivity index (χ4v) is 3.48. The molecule has 2 amide bonds. The van der Waals surface area contributed by atoms with Crippen molar-refractivity contribution in [3.8, 4) is 0 Å². The molecular weight excluding hydrogens is 313 g/mol. The number of carbonyl (C=O) groups is 1. The Labute approximate surface area is 134 Å². The number of rotatable bonds is 3. The van der Waals surface area contributed by atoms with E-state index in [1.165, 1.54) is 4.90 Å². The van der Waals surface area contributed by atoms with E-state index in [0.717, 1.165) is 25.7 Å². The van der Waals surface area contributed by atoms with Gasteiger partial charge in [-0.1, -0.05) is 12.8 Å². The molecule has 0 aromatic carbocycles. The van der Waals surface area contributed by atoms with Crippen LogP contribution < -0.4 is 5.32 Å². The summed E-state index contributed by atoms with van der Waals surface area (Å²) in [7, 11) is 1.62. The molecule has 0 unspecified atom stereocenters. The van der Waals surface area contributed by atoms with Crippen molar-refractivity contribution in [2.75, 3.05) is 20.2 Å². The molecule has 0 aromatic heterocycles. The topological polar surface area (TPSA) is 61.8 Å². The molecule has 1 saturated heterocycles. The molecule has 2 aliphatic rings. The maximum absolute atomic E-state index is 12.5. The van der Waals surface area contributed by atoms with Gasteiger partial charge in [-0.25, -0.2) is 4.79 Å². The summed E-state index contributed by atoms with van der Waals surface area (Å²) >= 11 is 0. The molecule has 8 heteroatoms. The van der Waals surface area contributed by atoms with Crippen LogP contribution in [0.4, 0.5) is 18.0 Å². The van der Waals surface area contributed by atoms with E-state index >= 15 is 0 Å². The molecule has 1 aliphatic heterocycles. The highest BCUT2D eigenvalue weighted by Gasteiger charge is 2.44. The molecule has 5 nitrogen and oxygen atoms in total. The van der Waals surface area contributed by atoms with Crippen LogP contribution in [0.25, 0.3) is 0 Å². The van der Waals surface area contributed by atoms with Crippen molar-refractivity contribution in [3.05, 3.63) is 0 Å². The van der Waals surface area contributed by atoms with E-state index in [0.29, 0.717) is 0 Å². The SMILES string of the molecule is CO[C@@H]1CCCC[C@@H]1NC(=O)N1CCC([C@H](O)C(F)(F)F)CC1. The predicted molar refractivity (Wildman–Crippen MR) is 77.9 cm³/mol. The lowest BCUT2D eigenvalue weighted by Gasteiger charge is -2.37. The Morgan fingerprint density at radius 1 is 1.22 bits per heavy atom. The molecule has 134 valence electrons. The third kappa shape index (κ3) is 4.73. The summed E-state index contributed by atoms with van der Waals surface area (Å²) in [5.41, 5.74) is 0. The molecule has 1 aliphatic carbocycles. The number of piperidine rings is 1. The second kappa shape index (κ2) is 7.70. The minimum Gasteiger partial charge on any atom is -0.383 e. The number of nitrogens with one attached hydrogen (secondary N) is 1. The number of methoxy groups -OCH3 is 1. The minimum absolute atomic E-state index is 0.00251. The Balaban J connectivity index is 1.81. The van der Waals surface area contributed by atoms with E-state index in [2.05, 4.69) is 5.32 Å². The maximum atomic E-state index is 12.5. The standard InChI is InChI=1S/C15H25F3N2O3/c1-23-12-5-3-2-4-11(12)19-14(22)20-8-6-10(7-9-20)13(21)15(16,17)18/h10-13,21H,2-9H2,1H3,(H,19,22)/t11-,12+,13-/m0/s1. The van der Waals surface area contributed by atoms with Gasteiger partial charge in [-0.2, -0.15) is 13.2 Å². The quantitative estimate of drug-likeness (QED) is 0.830. The van der Waals surface area contributed by atoms with Crippen LogP contribution in [-0.4, -0.2) is 60.7 Å². The first kappa shape index (κ1) is 18.3. The zero-order valence-electron chi connectivity index (χ0n) is 13.3. The number of aliphatic hydroxyl groups excluding tert-OH is 1. The lowest BCUT2D eigenvalue weighted by Crippen LogP contribution is -2.53. The molecule has 0 bridgehead atoms. The van der Waals surface area contributed by atoms with Crippen LogP contribution in [0.2, 0.25) is 0 Å². The van der Waals surface area contributed by atoms with Crippen molar-refractivity contribution in [3.63, 3.8) is 0 Å². The number of urea groups is 1. The average molecular weight is 338 g/mol. The van der Waals surface area contributed by atoms with Gasteiger partial charge in [-0.3, -0.25) is 0 Å². The minimum atomic E-state index is -4.59. The molecule has 2 rings (SSSR count). The van der Waals surface area contributed by atoms with Gasteiger partial charge in [-0.15, -0.1) is 0 Å². The third-order valence-electron chi connectivity index (χ3n) is 4.92. The summed E-state index contributed by atoms with van der Waals surface area (Å²) < 4.78 is 43.0. The van der Waals surface area contributed by atoms with Crippen LogP contribution in [0.1, 0.15) is 38.5 Å². The van der Waals surface area contributed by atoms with Crippen LogP contribution in [0, 0.1) is 5.92 Å². The number of aliphatic hydroxyl groups is 1. The van der Waals surface area contributed by atoms with Crippen molar-refractivity contribution < 1.29 is 27.8 Å². The smallest absolute Gasteiger partial charge is 0.383 e. The van der Waals surface area contributed by atoms with E-state index in [-0.39, 0.29) is 44.1 Å².